The fraction of sp³-hybridized carbons (Fsp3) is 0.0909. The number of hydrogen-bond acceptors (Lipinski definition) is 4. The summed E-state index contributed by atoms with van der Waals surface area (Å²) in [5, 5.41) is 0.828. The van der Waals surface area contributed by atoms with Gasteiger partial charge in [-0.3, -0.25) is 4.79 Å². The first-order chi connectivity index (χ1) is 7.69. The number of halogens is 1. The predicted molar refractivity (Wildman–Crippen MR) is 65.4 cm³/mol. The summed E-state index contributed by atoms with van der Waals surface area (Å²) in [6, 6.07) is 8.62. The van der Waals surface area contributed by atoms with Crippen LogP contribution in [0.2, 0.25) is 5.15 Å². The third kappa shape index (κ3) is 2.40. The van der Waals surface area contributed by atoms with Crippen LogP contribution in [0.4, 0.5) is 0 Å². The van der Waals surface area contributed by atoms with Gasteiger partial charge in [0.1, 0.15) is 15.9 Å². The van der Waals surface area contributed by atoms with E-state index >= 15 is 0 Å². The zero-order valence-corrected chi connectivity index (χ0v) is 10.0. The Kier molecular flexibility index (Phi) is 3.22. The minimum Gasteiger partial charge on any atom is -0.497 e. The van der Waals surface area contributed by atoms with Crippen LogP contribution in [0.5, 0.6) is 5.75 Å². The Labute approximate surface area is 101 Å². The quantitative estimate of drug-likeness (QED) is 0.826. The van der Waals surface area contributed by atoms with Crippen LogP contribution < -0.4 is 9.48 Å². The number of aromatic nitrogens is 1. The molecule has 0 bridgehead atoms. The van der Waals surface area contributed by atoms with E-state index in [-0.39, 0.29) is 9.90 Å². The maximum absolute atomic E-state index is 11.3. The van der Waals surface area contributed by atoms with Gasteiger partial charge in [-0.25, -0.2) is 4.98 Å². The van der Waals surface area contributed by atoms with E-state index in [0.717, 1.165) is 22.6 Å². The lowest BCUT2D eigenvalue weighted by Crippen LogP contribution is -1.94. The number of hydrogen-bond donors (Lipinski definition) is 0. The molecule has 0 atom stereocenters. The zero-order valence-electron chi connectivity index (χ0n) is 8.44. The SMILES string of the molecule is COc1ccc(-c2nc(Cl)cc(=O)s2)cc1. The third-order valence-electron chi connectivity index (χ3n) is 1.98. The molecule has 0 aliphatic heterocycles. The molecule has 0 spiro atoms. The molecule has 1 aromatic carbocycles. The summed E-state index contributed by atoms with van der Waals surface area (Å²) >= 11 is 6.80. The van der Waals surface area contributed by atoms with E-state index in [1.54, 1.807) is 7.11 Å². The molecular weight excluding hydrogens is 246 g/mol. The van der Waals surface area contributed by atoms with E-state index in [2.05, 4.69) is 4.98 Å². The van der Waals surface area contributed by atoms with Crippen molar-refractivity contribution in [3.05, 3.63) is 45.0 Å². The van der Waals surface area contributed by atoms with Crippen molar-refractivity contribution >= 4 is 22.9 Å². The summed E-state index contributed by atoms with van der Waals surface area (Å²) < 4.78 is 4.94. The molecule has 0 radical (unpaired) electrons. The molecule has 16 heavy (non-hydrogen) atoms. The van der Waals surface area contributed by atoms with Gasteiger partial charge >= 0.3 is 0 Å². The molecule has 3 nitrogen and oxygen atoms in total. The Morgan fingerprint density at radius 1 is 1.31 bits per heavy atom. The predicted octanol–water partition coefficient (Wildman–Crippen LogP) is 2.83. The molecule has 0 unspecified atom stereocenters. The van der Waals surface area contributed by atoms with Gasteiger partial charge in [0, 0.05) is 11.6 Å². The Morgan fingerprint density at radius 3 is 2.56 bits per heavy atom. The van der Waals surface area contributed by atoms with Crippen molar-refractivity contribution in [1.29, 1.82) is 0 Å². The van der Waals surface area contributed by atoms with E-state index in [1.165, 1.54) is 6.07 Å². The van der Waals surface area contributed by atoms with Crippen molar-refractivity contribution in [2.24, 2.45) is 0 Å². The summed E-state index contributed by atoms with van der Waals surface area (Å²) in [6.07, 6.45) is 0. The first-order valence-electron chi connectivity index (χ1n) is 4.51. The molecule has 5 heteroatoms. The van der Waals surface area contributed by atoms with Crippen LogP contribution in [0.15, 0.2) is 35.1 Å². The minimum atomic E-state index is -0.106. The Hall–Kier alpha value is -1.39. The van der Waals surface area contributed by atoms with Crippen LogP contribution in [-0.2, 0) is 0 Å². The minimum absolute atomic E-state index is 0.106. The summed E-state index contributed by atoms with van der Waals surface area (Å²) in [7, 11) is 1.60. The van der Waals surface area contributed by atoms with Gasteiger partial charge in [-0.2, -0.15) is 0 Å². The fourth-order valence-corrected chi connectivity index (χ4v) is 2.29. The van der Waals surface area contributed by atoms with E-state index in [9.17, 15) is 4.79 Å². The summed E-state index contributed by atoms with van der Waals surface area (Å²) in [6.45, 7) is 0. The highest BCUT2D eigenvalue weighted by molar-refractivity contribution is 7.12. The van der Waals surface area contributed by atoms with Crippen LogP contribution in [-0.4, -0.2) is 12.1 Å². The second-order valence-electron chi connectivity index (χ2n) is 3.03. The van der Waals surface area contributed by atoms with Gasteiger partial charge in [0.05, 0.1) is 7.11 Å². The van der Waals surface area contributed by atoms with E-state index in [4.69, 9.17) is 16.3 Å². The van der Waals surface area contributed by atoms with Crippen LogP contribution in [0.3, 0.4) is 0 Å². The number of benzene rings is 1. The average Bonchev–Trinajstić information content (AvgIpc) is 2.28. The summed E-state index contributed by atoms with van der Waals surface area (Å²) in [5.41, 5.74) is 0.852. The van der Waals surface area contributed by atoms with Crippen molar-refractivity contribution in [3.8, 4) is 16.3 Å². The molecule has 1 aromatic heterocycles. The van der Waals surface area contributed by atoms with E-state index in [1.807, 2.05) is 24.3 Å². The van der Waals surface area contributed by atoms with Crippen molar-refractivity contribution in [2.45, 2.75) is 0 Å². The zero-order chi connectivity index (χ0) is 11.5. The van der Waals surface area contributed by atoms with Crippen molar-refractivity contribution in [3.63, 3.8) is 0 Å². The highest BCUT2D eigenvalue weighted by atomic mass is 35.5. The Bertz CT molecular complexity index is 551. The highest BCUT2D eigenvalue weighted by Gasteiger charge is 2.03. The van der Waals surface area contributed by atoms with Gasteiger partial charge in [0.2, 0.25) is 4.74 Å². The molecule has 0 saturated heterocycles. The van der Waals surface area contributed by atoms with Gasteiger partial charge in [0.15, 0.2) is 0 Å². The summed E-state index contributed by atoms with van der Waals surface area (Å²) in [4.78, 5) is 15.4. The van der Waals surface area contributed by atoms with Gasteiger partial charge in [0.25, 0.3) is 0 Å². The molecule has 2 aromatic rings. The first kappa shape index (κ1) is 11.1. The molecule has 2 rings (SSSR count). The van der Waals surface area contributed by atoms with Crippen molar-refractivity contribution in [1.82, 2.24) is 4.98 Å². The van der Waals surface area contributed by atoms with Crippen LogP contribution in [0.1, 0.15) is 0 Å². The Balaban J connectivity index is 2.46. The van der Waals surface area contributed by atoms with Gasteiger partial charge in [-0.1, -0.05) is 22.9 Å². The molecule has 0 aliphatic rings. The summed E-state index contributed by atoms with van der Waals surface area (Å²) in [5.74, 6) is 0.762. The molecule has 1 heterocycles. The van der Waals surface area contributed by atoms with Crippen molar-refractivity contribution < 1.29 is 4.74 Å². The highest BCUT2D eigenvalue weighted by Crippen LogP contribution is 2.23. The lowest BCUT2D eigenvalue weighted by atomic mass is 10.2. The smallest absolute Gasteiger partial charge is 0.237 e. The lowest BCUT2D eigenvalue weighted by molar-refractivity contribution is 0.415. The van der Waals surface area contributed by atoms with Gasteiger partial charge in [-0.05, 0) is 24.3 Å². The number of rotatable bonds is 2. The Morgan fingerprint density at radius 2 is 2.00 bits per heavy atom. The number of ether oxygens (including phenoxy) is 1. The molecule has 0 saturated carbocycles. The largest absolute Gasteiger partial charge is 0.497 e. The monoisotopic (exact) mass is 253 g/mol. The molecule has 82 valence electrons. The number of nitrogens with zero attached hydrogens (tertiary/aromatic N) is 1. The molecule has 0 fully saturated rings. The third-order valence-corrected chi connectivity index (χ3v) is 3.01. The van der Waals surface area contributed by atoms with Crippen LogP contribution in [0, 0.1) is 0 Å². The van der Waals surface area contributed by atoms with Crippen LogP contribution >= 0.6 is 22.9 Å². The second-order valence-corrected chi connectivity index (χ2v) is 4.41. The van der Waals surface area contributed by atoms with E-state index < -0.39 is 0 Å². The maximum Gasteiger partial charge on any atom is 0.237 e. The van der Waals surface area contributed by atoms with E-state index in [0.29, 0.717) is 5.01 Å². The lowest BCUT2D eigenvalue weighted by Gasteiger charge is -2.02. The molecular formula is C11H8ClNO2S. The fourth-order valence-electron chi connectivity index (χ4n) is 1.23. The van der Waals surface area contributed by atoms with Gasteiger partial charge < -0.3 is 4.74 Å². The number of methoxy groups -OCH3 is 1. The van der Waals surface area contributed by atoms with Gasteiger partial charge in [-0.15, -0.1) is 0 Å². The molecule has 0 N–H and O–H groups in total. The normalized spacial score (nSPS) is 10.1. The van der Waals surface area contributed by atoms with Crippen LogP contribution in [0.25, 0.3) is 10.6 Å². The maximum atomic E-state index is 11.3. The topological polar surface area (TPSA) is 39.2 Å². The second kappa shape index (κ2) is 4.63. The molecule has 0 amide bonds. The van der Waals surface area contributed by atoms with Crippen molar-refractivity contribution in [2.75, 3.05) is 7.11 Å². The average molecular weight is 254 g/mol. The first-order valence-corrected chi connectivity index (χ1v) is 5.70. The molecule has 0 aliphatic carbocycles. The standard InChI is InChI=1S/C11H8ClNO2S/c1-15-8-4-2-7(3-5-8)11-13-9(12)6-10(14)16-11/h2-6H,1H3.